The molecular formula is C13H27N5O2. The second-order valence-electron chi connectivity index (χ2n) is 5.55. The summed E-state index contributed by atoms with van der Waals surface area (Å²) >= 11 is 0. The molecular weight excluding hydrogens is 258 g/mol. The van der Waals surface area contributed by atoms with E-state index in [-0.39, 0.29) is 5.84 Å². The molecule has 2 heterocycles. The highest BCUT2D eigenvalue weighted by Crippen LogP contribution is 2.09. The number of morpholine rings is 1. The summed E-state index contributed by atoms with van der Waals surface area (Å²) < 4.78 is 5.85. The molecule has 2 fully saturated rings. The van der Waals surface area contributed by atoms with E-state index in [1.807, 2.05) is 0 Å². The average Bonchev–Trinajstić information content (AvgIpc) is 2.49. The van der Waals surface area contributed by atoms with Gasteiger partial charge in [0.05, 0.1) is 19.3 Å². The summed E-state index contributed by atoms with van der Waals surface area (Å²) in [5.41, 5.74) is 5.54. The van der Waals surface area contributed by atoms with Gasteiger partial charge >= 0.3 is 0 Å². The molecule has 2 saturated heterocycles. The Bertz CT molecular complexity index is 318. The third-order valence-electron chi connectivity index (χ3n) is 4.11. The van der Waals surface area contributed by atoms with Gasteiger partial charge in [0.15, 0.2) is 5.84 Å². The Morgan fingerprint density at radius 3 is 2.55 bits per heavy atom. The molecule has 7 nitrogen and oxygen atoms in total. The van der Waals surface area contributed by atoms with E-state index in [1.165, 1.54) is 0 Å². The first-order chi connectivity index (χ1) is 9.71. The third-order valence-corrected chi connectivity index (χ3v) is 4.11. The van der Waals surface area contributed by atoms with Crippen molar-refractivity contribution < 1.29 is 9.94 Å². The van der Waals surface area contributed by atoms with Crippen LogP contribution in [0.5, 0.6) is 0 Å². The highest BCUT2D eigenvalue weighted by Gasteiger charge is 2.24. The van der Waals surface area contributed by atoms with Crippen molar-refractivity contribution in [3.8, 4) is 0 Å². The van der Waals surface area contributed by atoms with Crippen molar-refractivity contribution in [1.82, 2.24) is 14.7 Å². The molecule has 116 valence electrons. The van der Waals surface area contributed by atoms with Gasteiger partial charge in [-0.15, -0.1) is 0 Å². The van der Waals surface area contributed by atoms with E-state index in [2.05, 4.69) is 26.8 Å². The van der Waals surface area contributed by atoms with Crippen LogP contribution < -0.4 is 5.73 Å². The van der Waals surface area contributed by atoms with Crippen LogP contribution in [0, 0.1) is 0 Å². The number of hydrogen-bond acceptors (Lipinski definition) is 6. The van der Waals surface area contributed by atoms with Gasteiger partial charge < -0.3 is 15.7 Å². The molecule has 2 rings (SSSR count). The second kappa shape index (κ2) is 7.78. The van der Waals surface area contributed by atoms with Gasteiger partial charge in [-0.25, -0.2) is 0 Å². The summed E-state index contributed by atoms with van der Waals surface area (Å²) in [4.78, 5) is 7.11. The first kappa shape index (κ1) is 15.5. The lowest BCUT2D eigenvalue weighted by Gasteiger charge is -2.38. The van der Waals surface area contributed by atoms with Crippen LogP contribution in [-0.2, 0) is 4.74 Å². The van der Waals surface area contributed by atoms with Crippen LogP contribution in [0.1, 0.15) is 6.92 Å². The number of nitrogens with zero attached hydrogens (tertiary/aromatic N) is 4. The number of amidine groups is 1. The molecule has 2 aliphatic heterocycles. The Hall–Kier alpha value is -0.890. The number of likely N-dealkylation sites (N-methyl/N-ethyl adjacent to an activating group) is 1. The minimum atomic E-state index is 0.285. The minimum Gasteiger partial charge on any atom is -0.409 e. The maximum atomic E-state index is 8.59. The highest BCUT2D eigenvalue weighted by atomic mass is 16.5. The zero-order valence-corrected chi connectivity index (χ0v) is 12.4. The van der Waals surface area contributed by atoms with Crippen molar-refractivity contribution in [3.05, 3.63) is 0 Å². The van der Waals surface area contributed by atoms with Crippen LogP contribution in [0.3, 0.4) is 0 Å². The van der Waals surface area contributed by atoms with E-state index in [0.29, 0.717) is 12.6 Å². The smallest absolute Gasteiger partial charge is 0.153 e. The van der Waals surface area contributed by atoms with Crippen LogP contribution in [0.4, 0.5) is 0 Å². The normalized spacial score (nSPS) is 27.9. The SMILES string of the molecule is CCN1CCOC(CN2CCN(CC(N)=NO)CC2)C1. The van der Waals surface area contributed by atoms with Gasteiger partial charge in [0.2, 0.25) is 0 Å². The number of oxime groups is 1. The van der Waals surface area contributed by atoms with Crippen LogP contribution in [-0.4, -0.2) is 97.4 Å². The Morgan fingerprint density at radius 1 is 1.20 bits per heavy atom. The largest absolute Gasteiger partial charge is 0.409 e. The van der Waals surface area contributed by atoms with Crippen LogP contribution >= 0.6 is 0 Å². The molecule has 0 aromatic rings. The molecule has 0 amide bonds. The van der Waals surface area contributed by atoms with Gasteiger partial charge in [-0.05, 0) is 6.54 Å². The van der Waals surface area contributed by atoms with Crippen LogP contribution in [0.25, 0.3) is 0 Å². The molecule has 3 N–H and O–H groups in total. The zero-order valence-electron chi connectivity index (χ0n) is 12.4. The summed E-state index contributed by atoms with van der Waals surface area (Å²) in [5, 5.41) is 11.6. The average molecular weight is 285 g/mol. The second-order valence-corrected chi connectivity index (χ2v) is 5.55. The molecule has 7 heteroatoms. The Morgan fingerprint density at radius 2 is 1.90 bits per heavy atom. The molecule has 0 aromatic heterocycles. The predicted octanol–water partition coefficient (Wildman–Crippen LogP) is -0.929. The maximum Gasteiger partial charge on any atom is 0.153 e. The Balaban J connectivity index is 1.69. The molecule has 0 aliphatic carbocycles. The van der Waals surface area contributed by atoms with Crippen molar-refractivity contribution in [2.75, 3.05) is 65.5 Å². The highest BCUT2D eigenvalue weighted by molar-refractivity contribution is 5.81. The molecule has 1 atom stereocenters. The molecule has 0 saturated carbocycles. The minimum absolute atomic E-state index is 0.285. The fourth-order valence-electron chi connectivity index (χ4n) is 2.86. The van der Waals surface area contributed by atoms with E-state index in [9.17, 15) is 0 Å². The Labute approximate surface area is 120 Å². The number of ether oxygens (including phenoxy) is 1. The predicted molar refractivity (Wildman–Crippen MR) is 78.1 cm³/mol. The lowest BCUT2D eigenvalue weighted by molar-refractivity contribution is -0.0463. The molecule has 20 heavy (non-hydrogen) atoms. The van der Waals surface area contributed by atoms with Crippen LogP contribution in [0.15, 0.2) is 5.16 Å². The first-order valence-corrected chi connectivity index (χ1v) is 7.46. The molecule has 2 aliphatic rings. The lowest BCUT2D eigenvalue weighted by Crippen LogP contribution is -2.53. The lowest BCUT2D eigenvalue weighted by atomic mass is 10.2. The van der Waals surface area contributed by atoms with E-state index in [1.54, 1.807) is 0 Å². The summed E-state index contributed by atoms with van der Waals surface area (Å²) in [6, 6.07) is 0. The van der Waals surface area contributed by atoms with E-state index >= 15 is 0 Å². The number of piperazine rings is 1. The maximum absolute atomic E-state index is 8.59. The summed E-state index contributed by atoms with van der Waals surface area (Å²) in [6.45, 7) is 11.8. The van der Waals surface area contributed by atoms with Crippen molar-refractivity contribution in [1.29, 1.82) is 0 Å². The van der Waals surface area contributed by atoms with Gasteiger partial charge in [-0.2, -0.15) is 0 Å². The number of nitrogens with two attached hydrogens (primary N) is 1. The van der Waals surface area contributed by atoms with Gasteiger partial charge in [0.1, 0.15) is 0 Å². The molecule has 1 unspecified atom stereocenters. The van der Waals surface area contributed by atoms with Gasteiger partial charge in [-0.3, -0.25) is 14.7 Å². The monoisotopic (exact) mass is 285 g/mol. The Kier molecular flexibility index (Phi) is 6.03. The van der Waals surface area contributed by atoms with Gasteiger partial charge in [0, 0.05) is 45.8 Å². The molecule has 0 spiro atoms. The standard InChI is InChI=1S/C13H27N5O2/c1-2-16-7-8-20-12(9-16)10-17-3-5-18(6-4-17)11-13(14)15-19/h12,19H,2-11H2,1H3,(H2,14,15). The van der Waals surface area contributed by atoms with Crippen molar-refractivity contribution >= 4 is 5.84 Å². The van der Waals surface area contributed by atoms with Crippen molar-refractivity contribution in [2.45, 2.75) is 13.0 Å². The van der Waals surface area contributed by atoms with Gasteiger partial charge in [-0.1, -0.05) is 12.1 Å². The number of rotatable bonds is 5. The van der Waals surface area contributed by atoms with E-state index < -0.39 is 0 Å². The molecule has 0 aromatic carbocycles. The topological polar surface area (TPSA) is 77.6 Å². The van der Waals surface area contributed by atoms with Crippen molar-refractivity contribution in [3.63, 3.8) is 0 Å². The van der Waals surface area contributed by atoms with Gasteiger partial charge in [0.25, 0.3) is 0 Å². The summed E-state index contributed by atoms with van der Waals surface area (Å²) in [5.74, 6) is 0.285. The zero-order chi connectivity index (χ0) is 14.4. The van der Waals surface area contributed by atoms with E-state index in [0.717, 1.165) is 59.0 Å². The third kappa shape index (κ3) is 4.59. The number of hydrogen-bond donors (Lipinski definition) is 2. The van der Waals surface area contributed by atoms with Crippen LogP contribution in [0.2, 0.25) is 0 Å². The van der Waals surface area contributed by atoms with Crippen molar-refractivity contribution in [2.24, 2.45) is 10.9 Å². The first-order valence-electron chi connectivity index (χ1n) is 7.46. The molecule has 0 bridgehead atoms. The fourth-order valence-corrected chi connectivity index (χ4v) is 2.86. The molecule has 0 radical (unpaired) electrons. The fraction of sp³-hybridized carbons (Fsp3) is 0.923. The van der Waals surface area contributed by atoms with E-state index in [4.69, 9.17) is 15.7 Å². The summed E-state index contributed by atoms with van der Waals surface area (Å²) in [7, 11) is 0. The quantitative estimate of drug-likeness (QED) is 0.294. The summed E-state index contributed by atoms with van der Waals surface area (Å²) in [6.07, 6.45) is 0.333.